The van der Waals surface area contributed by atoms with Crippen LogP contribution < -0.4 is 10.2 Å². The fourth-order valence-corrected chi connectivity index (χ4v) is 4.28. The topological polar surface area (TPSA) is 33.1 Å². The van der Waals surface area contributed by atoms with Crippen LogP contribution in [0.3, 0.4) is 0 Å². The van der Waals surface area contributed by atoms with E-state index in [0.29, 0.717) is 5.92 Å². The van der Waals surface area contributed by atoms with Gasteiger partial charge in [0.1, 0.15) is 6.04 Å². The molecule has 4 nitrogen and oxygen atoms in total. The lowest BCUT2D eigenvalue weighted by atomic mass is 9.99. The molecule has 5 heteroatoms. The van der Waals surface area contributed by atoms with E-state index in [9.17, 15) is 0 Å². The molecule has 28 heavy (non-hydrogen) atoms. The Kier molecular flexibility index (Phi) is 5.18. The highest BCUT2D eigenvalue weighted by Gasteiger charge is 2.41. The fraction of sp³-hybridized carbons (Fsp3) is 0.304. The molecule has 0 aliphatic carbocycles. The predicted octanol–water partition coefficient (Wildman–Crippen LogP) is 5.20. The molecule has 1 saturated heterocycles. The maximum Gasteiger partial charge on any atom is 0.174 e. The Hall–Kier alpha value is -2.66. The van der Waals surface area contributed by atoms with Gasteiger partial charge in [-0.3, -0.25) is 4.98 Å². The second-order valence-corrected chi connectivity index (χ2v) is 7.85. The second-order valence-electron chi connectivity index (χ2n) is 7.46. The first kappa shape index (κ1) is 18.7. The highest BCUT2D eigenvalue weighted by molar-refractivity contribution is 7.80. The average Bonchev–Trinajstić information content (AvgIpc) is 3.32. The van der Waals surface area contributed by atoms with Gasteiger partial charge in [-0.2, -0.15) is 0 Å². The molecule has 0 amide bonds. The Morgan fingerprint density at radius 1 is 1.07 bits per heavy atom. The van der Waals surface area contributed by atoms with Gasteiger partial charge in [-0.25, -0.2) is 0 Å². The van der Waals surface area contributed by atoms with Crippen LogP contribution in [0.15, 0.2) is 67.0 Å². The Morgan fingerprint density at radius 3 is 2.50 bits per heavy atom. The summed E-state index contributed by atoms with van der Waals surface area (Å²) in [6.07, 6.45) is 3.97. The van der Waals surface area contributed by atoms with Gasteiger partial charge in [-0.15, -0.1) is 0 Å². The Morgan fingerprint density at radius 2 is 1.86 bits per heavy atom. The van der Waals surface area contributed by atoms with Crippen molar-refractivity contribution in [3.05, 3.63) is 83.9 Å². The summed E-state index contributed by atoms with van der Waals surface area (Å²) in [6.45, 7) is 7.51. The molecule has 3 aromatic rings. The number of nitrogens with zero attached hydrogens (tertiary/aromatic N) is 3. The van der Waals surface area contributed by atoms with Crippen LogP contribution in [0.4, 0.5) is 5.69 Å². The van der Waals surface area contributed by atoms with Gasteiger partial charge in [0, 0.05) is 30.3 Å². The molecule has 0 radical (unpaired) electrons. The van der Waals surface area contributed by atoms with Crippen LogP contribution in [0.1, 0.15) is 55.7 Å². The van der Waals surface area contributed by atoms with Gasteiger partial charge >= 0.3 is 0 Å². The van der Waals surface area contributed by atoms with Gasteiger partial charge in [-0.05, 0) is 67.0 Å². The summed E-state index contributed by atoms with van der Waals surface area (Å²) in [6, 6.07) is 19.1. The van der Waals surface area contributed by atoms with Crippen molar-refractivity contribution < 1.29 is 0 Å². The molecule has 2 aromatic heterocycles. The third kappa shape index (κ3) is 3.31. The molecule has 0 saturated carbocycles. The molecule has 1 aliphatic heterocycles. The molecule has 2 atom stereocenters. The van der Waals surface area contributed by atoms with Gasteiger partial charge in [0.2, 0.25) is 0 Å². The van der Waals surface area contributed by atoms with Crippen LogP contribution in [0, 0.1) is 0 Å². The minimum absolute atomic E-state index is 0.00123. The molecular formula is C23H26N4S. The zero-order valence-electron chi connectivity index (χ0n) is 16.5. The van der Waals surface area contributed by atoms with E-state index in [4.69, 9.17) is 12.2 Å². The summed E-state index contributed by atoms with van der Waals surface area (Å²) in [4.78, 5) is 6.85. The van der Waals surface area contributed by atoms with Crippen molar-refractivity contribution in [2.45, 2.75) is 45.3 Å². The number of nitrogens with one attached hydrogen (secondary N) is 1. The van der Waals surface area contributed by atoms with Crippen molar-refractivity contribution in [3.8, 4) is 0 Å². The smallest absolute Gasteiger partial charge is 0.174 e. The van der Waals surface area contributed by atoms with E-state index in [1.54, 1.807) is 0 Å². The molecule has 4 rings (SSSR count). The lowest BCUT2D eigenvalue weighted by Gasteiger charge is -2.29. The summed E-state index contributed by atoms with van der Waals surface area (Å²) in [7, 11) is 0. The first-order valence-electron chi connectivity index (χ1n) is 9.85. The zero-order chi connectivity index (χ0) is 19.7. The second kappa shape index (κ2) is 7.76. The molecule has 1 fully saturated rings. The van der Waals surface area contributed by atoms with Crippen molar-refractivity contribution in [1.82, 2.24) is 14.9 Å². The highest BCUT2D eigenvalue weighted by atomic mass is 32.1. The van der Waals surface area contributed by atoms with E-state index in [2.05, 4.69) is 89.2 Å². The van der Waals surface area contributed by atoms with Crippen molar-refractivity contribution in [3.63, 3.8) is 0 Å². The monoisotopic (exact) mass is 390 g/mol. The van der Waals surface area contributed by atoms with Crippen molar-refractivity contribution >= 4 is 23.0 Å². The van der Waals surface area contributed by atoms with Gasteiger partial charge in [-0.1, -0.05) is 32.0 Å². The number of rotatable bonds is 5. The SMILES string of the molecule is CCn1cccc1[C@@H]1[C@@H](c2ccccn2)NC(=S)N1c1ccc(C(C)C)cc1. The first-order valence-corrected chi connectivity index (χ1v) is 10.3. The minimum atomic E-state index is -0.00123. The summed E-state index contributed by atoms with van der Waals surface area (Å²) in [5, 5.41) is 4.27. The molecule has 0 spiro atoms. The average molecular weight is 391 g/mol. The van der Waals surface area contributed by atoms with E-state index in [1.807, 2.05) is 18.3 Å². The number of aromatic nitrogens is 2. The quantitative estimate of drug-likeness (QED) is 0.607. The van der Waals surface area contributed by atoms with Gasteiger partial charge in [0.05, 0.1) is 11.7 Å². The van der Waals surface area contributed by atoms with E-state index >= 15 is 0 Å². The van der Waals surface area contributed by atoms with Crippen molar-refractivity contribution in [2.24, 2.45) is 0 Å². The maximum absolute atomic E-state index is 5.79. The number of benzene rings is 1. The number of pyridine rings is 1. The Labute approximate surface area is 172 Å². The minimum Gasteiger partial charge on any atom is -0.351 e. The zero-order valence-corrected chi connectivity index (χ0v) is 17.4. The Balaban J connectivity index is 1.80. The van der Waals surface area contributed by atoms with Crippen molar-refractivity contribution in [2.75, 3.05) is 4.90 Å². The van der Waals surface area contributed by atoms with E-state index in [0.717, 1.165) is 23.0 Å². The number of aryl methyl sites for hydroxylation is 1. The Bertz CT molecular complexity index is 946. The molecule has 1 N–H and O–H groups in total. The van der Waals surface area contributed by atoms with E-state index in [1.165, 1.54) is 11.3 Å². The molecule has 1 aromatic carbocycles. The first-order chi connectivity index (χ1) is 13.6. The van der Waals surface area contributed by atoms with E-state index < -0.39 is 0 Å². The predicted molar refractivity (Wildman–Crippen MR) is 119 cm³/mol. The highest BCUT2D eigenvalue weighted by Crippen LogP contribution is 2.41. The molecule has 1 aliphatic rings. The van der Waals surface area contributed by atoms with Crippen LogP contribution in [-0.4, -0.2) is 14.7 Å². The molecule has 0 bridgehead atoms. The number of hydrogen-bond donors (Lipinski definition) is 1. The lowest BCUT2D eigenvalue weighted by molar-refractivity contribution is 0.529. The van der Waals surface area contributed by atoms with Crippen molar-refractivity contribution in [1.29, 1.82) is 0 Å². The maximum atomic E-state index is 5.79. The third-order valence-electron chi connectivity index (χ3n) is 5.44. The largest absolute Gasteiger partial charge is 0.351 e. The fourth-order valence-electron chi connectivity index (χ4n) is 3.94. The number of thiocarbonyl (C=S) groups is 1. The molecular weight excluding hydrogens is 364 g/mol. The van der Waals surface area contributed by atoms with Crippen LogP contribution in [0.2, 0.25) is 0 Å². The third-order valence-corrected chi connectivity index (χ3v) is 5.76. The molecule has 144 valence electrons. The summed E-state index contributed by atoms with van der Waals surface area (Å²) >= 11 is 5.79. The molecule has 0 unspecified atom stereocenters. The standard InChI is InChI=1S/C23H26N4S/c1-4-26-15-7-9-20(26)22-21(19-8-5-6-14-24-19)25-23(28)27(22)18-12-10-17(11-13-18)16(2)3/h5-16,21-22H,4H2,1-3H3,(H,25,28)/t21-,22-/m1/s1. The van der Waals surface area contributed by atoms with Gasteiger partial charge in [0.15, 0.2) is 5.11 Å². The van der Waals surface area contributed by atoms with Crippen LogP contribution >= 0.6 is 12.2 Å². The van der Waals surface area contributed by atoms with Crippen LogP contribution in [0.5, 0.6) is 0 Å². The summed E-state index contributed by atoms with van der Waals surface area (Å²) in [5.74, 6) is 0.507. The van der Waals surface area contributed by atoms with Crippen LogP contribution in [0.25, 0.3) is 0 Å². The van der Waals surface area contributed by atoms with Crippen LogP contribution in [-0.2, 0) is 6.54 Å². The normalized spacial score (nSPS) is 19.3. The number of anilines is 1. The summed E-state index contributed by atoms with van der Waals surface area (Å²) in [5.41, 5.74) is 4.67. The summed E-state index contributed by atoms with van der Waals surface area (Å²) < 4.78 is 2.28. The van der Waals surface area contributed by atoms with Gasteiger partial charge < -0.3 is 14.8 Å². The number of hydrogen-bond acceptors (Lipinski definition) is 2. The van der Waals surface area contributed by atoms with Gasteiger partial charge in [0.25, 0.3) is 0 Å². The van der Waals surface area contributed by atoms with E-state index in [-0.39, 0.29) is 12.1 Å². The lowest BCUT2D eigenvalue weighted by Crippen LogP contribution is -2.30. The molecule has 3 heterocycles.